The molecule has 2 aromatic rings. The molecule has 0 N–H and O–H groups in total. The largest absolute Gasteiger partial charge is 0.497 e. The average molecular weight is 368 g/mol. The summed E-state index contributed by atoms with van der Waals surface area (Å²) in [4.78, 5) is 27.8. The minimum Gasteiger partial charge on any atom is -0.497 e. The van der Waals surface area contributed by atoms with Gasteiger partial charge in [-0.15, -0.1) is 0 Å². The number of carbonyl (C=O) groups is 2. The van der Waals surface area contributed by atoms with Gasteiger partial charge in [-0.2, -0.15) is 0 Å². The number of benzene rings is 2. The summed E-state index contributed by atoms with van der Waals surface area (Å²) in [6.07, 6.45) is 0. The Bertz CT molecular complexity index is 779. The van der Waals surface area contributed by atoms with Crippen molar-refractivity contribution in [3.8, 4) is 11.5 Å². The van der Waals surface area contributed by atoms with E-state index in [1.165, 1.54) is 0 Å². The standard InChI is InChI=1S/C21H24N2O4/c1-16(24)17-3-5-18(6-4-17)22-11-13-23(14-12-22)21(25)15-27-20-9-7-19(26-2)8-10-20/h3-10H,11-15H2,1-2H3. The predicted octanol–water partition coefficient (Wildman–Crippen LogP) is 2.63. The second kappa shape index (κ2) is 8.58. The number of methoxy groups -OCH3 is 1. The number of amides is 1. The van der Waals surface area contributed by atoms with Crippen molar-refractivity contribution >= 4 is 17.4 Å². The van der Waals surface area contributed by atoms with Gasteiger partial charge in [-0.1, -0.05) is 0 Å². The van der Waals surface area contributed by atoms with Gasteiger partial charge in [0.1, 0.15) is 11.5 Å². The van der Waals surface area contributed by atoms with Crippen LogP contribution in [0.15, 0.2) is 48.5 Å². The topological polar surface area (TPSA) is 59.1 Å². The van der Waals surface area contributed by atoms with E-state index in [4.69, 9.17) is 9.47 Å². The van der Waals surface area contributed by atoms with Crippen LogP contribution in [0.25, 0.3) is 0 Å². The van der Waals surface area contributed by atoms with Crippen LogP contribution in [0.4, 0.5) is 5.69 Å². The van der Waals surface area contributed by atoms with Gasteiger partial charge in [0.15, 0.2) is 12.4 Å². The lowest BCUT2D eigenvalue weighted by atomic mass is 10.1. The van der Waals surface area contributed by atoms with Crippen molar-refractivity contribution in [1.82, 2.24) is 4.90 Å². The molecule has 2 aromatic carbocycles. The number of anilines is 1. The van der Waals surface area contributed by atoms with Crippen LogP contribution in [0.1, 0.15) is 17.3 Å². The lowest BCUT2D eigenvalue weighted by molar-refractivity contribution is -0.133. The Morgan fingerprint density at radius 3 is 2.04 bits per heavy atom. The van der Waals surface area contributed by atoms with Crippen molar-refractivity contribution in [1.29, 1.82) is 0 Å². The number of ether oxygens (including phenoxy) is 2. The SMILES string of the molecule is COc1ccc(OCC(=O)N2CCN(c3ccc(C(C)=O)cc3)CC2)cc1. The molecule has 1 amide bonds. The number of nitrogens with zero attached hydrogens (tertiary/aromatic N) is 2. The van der Waals surface area contributed by atoms with E-state index in [0.717, 1.165) is 24.5 Å². The van der Waals surface area contributed by atoms with Gasteiger partial charge in [-0.05, 0) is 55.5 Å². The first-order valence-corrected chi connectivity index (χ1v) is 8.97. The second-order valence-corrected chi connectivity index (χ2v) is 6.44. The van der Waals surface area contributed by atoms with E-state index in [0.29, 0.717) is 24.4 Å². The van der Waals surface area contributed by atoms with Gasteiger partial charge < -0.3 is 19.3 Å². The van der Waals surface area contributed by atoms with E-state index in [2.05, 4.69) is 4.90 Å². The van der Waals surface area contributed by atoms with Crippen LogP contribution in [0.3, 0.4) is 0 Å². The highest BCUT2D eigenvalue weighted by Gasteiger charge is 2.21. The zero-order valence-electron chi connectivity index (χ0n) is 15.7. The average Bonchev–Trinajstić information content (AvgIpc) is 2.72. The number of ketones is 1. The normalized spacial score (nSPS) is 14.0. The first kappa shape index (κ1) is 18.8. The molecule has 0 saturated carbocycles. The molecular formula is C21H24N2O4. The minimum atomic E-state index is -0.0163. The number of rotatable bonds is 6. The van der Waals surface area contributed by atoms with Gasteiger partial charge in [0, 0.05) is 37.4 Å². The van der Waals surface area contributed by atoms with Crippen LogP contribution >= 0.6 is 0 Å². The fraction of sp³-hybridized carbons (Fsp3) is 0.333. The van der Waals surface area contributed by atoms with Crippen LogP contribution in [0.5, 0.6) is 11.5 Å². The molecule has 6 nitrogen and oxygen atoms in total. The summed E-state index contributed by atoms with van der Waals surface area (Å²) in [5.41, 5.74) is 1.78. The maximum absolute atomic E-state index is 12.4. The number of Topliss-reactive ketones (excluding diaryl/α,β-unsaturated/α-hetero) is 1. The summed E-state index contributed by atoms with van der Waals surface area (Å²) in [6, 6.07) is 14.8. The van der Waals surface area contributed by atoms with Gasteiger partial charge in [-0.3, -0.25) is 9.59 Å². The van der Waals surface area contributed by atoms with Gasteiger partial charge in [0.25, 0.3) is 5.91 Å². The Hall–Kier alpha value is -3.02. The lowest BCUT2D eigenvalue weighted by Crippen LogP contribution is -2.50. The molecule has 3 rings (SSSR count). The quantitative estimate of drug-likeness (QED) is 0.734. The molecule has 1 aliphatic rings. The highest BCUT2D eigenvalue weighted by atomic mass is 16.5. The minimum absolute atomic E-state index is 0.0163. The molecule has 1 saturated heterocycles. The zero-order chi connectivity index (χ0) is 19.2. The van der Waals surface area contributed by atoms with Crippen LogP contribution in [-0.4, -0.2) is 56.5 Å². The third kappa shape index (κ3) is 4.78. The third-order valence-electron chi connectivity index (χ3n) is 4.69. The number of hydrogen-bond acceptors (Lipinski definition) is 5. The lowest BCUT2D eigenvalue weighted by Gasteiger charge is -2.36. The first-order valence-electron chi connectivity index (χ1n) is 8.97. The van der Waals surface area contributed by atoms with Crippen molar-refractivity contribution in [2.45, 2.75) is 6.92 Å². The van der Waals surface area contributed by atoms with E-state index in [-0.39, 0.29) is 18.3 Å². The van der Waals surface area contributed by atoms with Gasteiger partial charge in [0.2, 0.25) is 0 Å². The molecule has 0 aliphatic carbocycles. The molecule has 1 fully saturated rings. The maximum Gasteiger partial charge on any atom is 0.260 e. The molecule has 27 heavy (non-hydrogen) atoms. The fourth-order valence-corrected chi connectivity index (χ4v) is 3.03. The van der Waals surface area contributed by atoms with Gasteiger partial charge in [-0.25, -0.2) is 0 Å². The van der Waals surface area contributed by atoms with Crippen molar-refractivity contribution in [2.24, 2.45) is 0 Å². The molecule has 1 heterocycles. The molecule has 0 aromatic heterocycles. The summed E-state index contributed by atoms with van der Waals surface area (Å²) in [5.74, 6) is 1.45. The predicted molar refractivity (Wildman–Crippen MR) is 104 cm³/mol. The Morgan fingerprint density at radius 2 is 1.48 bits per heavy atom. The number of hydrogen-bond donors (Lipinski definition) is 0. The van der Waals surface area contributed by atoms with Crippen molar-refractivity contribution in [3.05, 3.63) is 54.1 Å². The Kier molecular flexibility index (Phi) is 5.96. The summed E-state index contributed by atoms with van der Waals surface area (Å²) in [5, 5.41) is 0. The molecule has 0 bridgehead atoms. The number of carbonyl (C=O) groups excluding carboxylic acids is 2. The number of piperazine rings is 1. The first-order chi connectivity index (χ1) is 13.1. The molecule has 0 spiro atoms. The van der Waals surface area contributed by atoms with Crippen LogP contribution in [0, 0.1) is 0 Å². The Labute approximate surface area is 159 Å². The van der Waals surface area contributed by atoms with E-state index in [1.54, 1.807) is 38.3 Å². The molecule has 0 unspecified atom stereocenters. The van der Waals surface area contributed by atoms with E-state index in [9.17, 15) is 9.59 Å². The third-order valence-corrected chi connectivity index (χ3v) is 4.69. The molecule has 142 valence electrons. The van der Waals surface area contributed by atoms with Crippen molar-refractivity contribution < 1.29 is 19.1 Å². The monoisotopic (exact) mass is 368 g/mol. The molecule has 0 radical (unpaired) electrons. The summed E-state index contributed by atoms with van der Waals surface area (Å²) in [6.45, 7) is 4.41. The second-order valence-electron chi connectivity index (χ2n) is 6.44. The van der Waals surface area contributed by atoms with Gasteiger partial charge >= 0.3 is 0 Å². The molecule has 1 aliphatic heterocycles. The molecular weight excluding hydrogens is 344 g/mol. The maximum atomic E-state index is 12.4. The Morgan fingerprint density at radius 1 is 0.889 bits per heavy atom. The fourth-order valence-electron chi connectivity index (χ4n) is 3.03. The smallest absolute Gasteiger partial charge is 0.260 e. The molecule has 0 atom stereocenters. The summed E-state index contributed by atoms with van der Waals surface area (Å²) < 4.78 is 10.7. The highest BCUT2D eigenvalue weighted by Crippen LogP contribution is 2.19. The van der Waals surface area contributed by atoms with E-state index >= 15 is 0 Å². The van der Waals surface area contributed by atoms with Crippen molar-refractivity contribution in [3.63, 3.8) is 0 Å². The van der Waals surface area contributed by atoms with E-state index in [1.807, 2.05) is 29.2 Å². The van der Waals surface area contributed by atoms with Crippen molar-refractivity contribution in [2.75, 3.05) is 44.8 Å². The zero-order valence-corrected chi connectivity index (χ0v) is 15.7. The summed E-state index contributed by atoms with van der Waals surface area (Å²) >= 11 is 0. The Balaban J connectivity index is 1.47. The summed E-state index contributed by atoms with van der Waals surface area (Å²) in [7, 11) is 1.61. The van der Waals surface area contributed by atoms with Gasteiger partial charge in [0.05, 0.1) is 7.11 Å². The highest BCUT2D eigenvalue weighted by molar-refractivity contribution is 5.94. The molecule has 6 heteroatoms. The van der Waals surface area contributed by atoms with Crippen LogP contribution < -0.4 is 14.4 Å². The van der Waals surface area contributed by atoms with Crippen LogP contribution in [-0.2, 0) is 4.79 Å². The van der Waals surface area contributed by atoms with E-state index < -0.39 is 0 Å². The van der Waals surface area contributed by atoms with Crippen LogP contribution in [0.2, 0.25) is 0 Å².